The molecule has 0 aliphatic carbocycles. The highest BCUT2D eigenvalue weighted by Crippen LogP contribution is 2.20. The van der Waals surface area contributed by atoms with Crippen molar-refractivity contribution in [2.75, 3.05) is 0 Å². The Balaban J connectivity index is 2.45. The van der Waals surface area contributed by atoms with Crippen molar-refractivity contribution in [2.45, 2.75) is 12.7 Å². The van der Waals surface area contributed by atoms with E-state index in [0.29, 0.717) is 11.7 Å². The Kier molecular flexibility index (Phi) is 2.37. The van der Waals surface area contributed by atoms with Gasteiger partial charge >= 0.3 is 6.18 Å². The van der Waals surface area contributed by atoms with Gasteiger partial charge in [-0.25, -0.2) is 0 Å². The summed E-state index contributed by atoms with van der Waals surface area (Å²) in [6.45, 7) is -1.17. The van der Waals surface area contributed by atoms with Gasteiger partial charge in [-0.1, -0.05) is 0 Å². The van der Waals surface area contributed by atoms with Crippen molar-refractivity contribution in [3.05, 3.63) is 24.2 Å². The van der Waals surface area contributed by atoms with Crippen molar-refractivity contribution >= 4 is 17.2 Å². The number of nitrogens with zero attached hydrogens (tertiary/aromatic N) is 3. The summed E-state index contributed by atoms with van der Waals surface area (Å²) in [4.78, 5) is 14.1. The van der Waals surface area contributed by atoms with Gasteiger partial charge in [-0.15, -0.1) is 0 Å². The standard InChI is InChI=1S/C9H6F3N3O/c10-9(11,12)5-15-8-3-13-7(4-16)1-6(8)2-14-15/h1-4H,5H2. The first-order chi connectivity index (χ1) is 7.49. The molecule has 0 saturated heterocycles. The Hall–Kier alpha value is -1.92. The molecule has 0 aromatic carbocycles. The molecule has 4 nitrogen and oxygen atoms in total. The summed E-state index contributed by atoms with van der Waals surface area (Å²) in [5.74, 6) is 0. The summed E-state index contributed by atoms with van der Waals surface area (Å²) in [5, 5.41) is 4.06. The topological polar surface area (TPSA) is 47.8 Å². The summed E-state index contributed by atoms with van der Waals surface area (Å²) in [5.41, 5.74) is 0.419. The van der Waals surface area contributed by atoms with E-state index < -0.39 is 12.7 Å². The molecule has 0 saturated carbocycles. The van der Waals surface area contributed by atoms with Gasteiger partial charge in [-0.05, 0) is 6.07 Å². The highest BCUT2D eigenvalue weighted by atomic mass is 19.4. The van der Waals surface area contributed by atoms with Gasteiger partial charge in [0, 0.05) is 5.39 Å². The van der Waals surface area contributed by atoms with Crippen LogP contribution in [0.4, 0.5) is 13.2 Å². The molecule has 2 rings (SSSR count). The molecule has 0 aliphatic rings. The molecule has 0 unspecified atom stereocenters. The largest absolute Gasteiger partial charge is 0.408 e. The predicted molar refractivity (Wildman–Crippen MR) is 49.0 cm³/mol. The van der Waals surface area contributed by atoms with Crippen LogP contribution in [0.25, 0.3) is 10.9 Å². The Morgan fingerprint density at radius 1 is 1.38 bits per heavy atom. The lowest BCUT2D eigenvalue weighted by atomic mass is 10.3. The van der Waals surface area contributed by atoms with E-state index in [-0.39, 0.29) is 11.2 Å². The SMILES string of the molecule is O=Cc1cc2cnn(CC(F)(F)F)c2cn1. The van der Waals surface area contributed by atoms with Gasteiger partial charge in [-0.2, -0.15) is 18.3 Å². The van der Waals surface area contributed by atoms with Crippen molar-refractivity contribution in [1.82, 2.24) is 14.8 Å². The van der Waals surface area contributed by atoms with Gasteiger partial charge in [0.25, 0.3) is 0 Å². The zero-order valence-electron chi connectivity index (χ0n) is 7.90. The van der Waals surface area contributed by atoms with Gasteiger partial charge in [0.1, 0.15) is 12.2 Å². The van der Waals surface area contributed by atoms with Gasteiger partial charge in [0.2, 0.25) is 0 Å². The normalized spacial score (nSPS) is 11.9. The van der Waals surface area contributed by atoms with Crippen LogP contribution in [-0.2, 0) is 6.54 Å². The van der Waals surface area contributed by atoms with Gasteiger partial charge < -0.3 is 0 Å². The second kappa shape index (κ2) is 3.58. The maximum Gasteiger partial charge on any atom is 0.408 e. The lowest BCUT2D eigenvalue weighted by Gasteiger charge is -2.06. The van der Waals surface area contributed by atoms with E-state index in [1.54, 1.807) is 0 Å². The van der Waals surface area contributed by atoms with Gasteiger partial charge in [0.05, 0.1) is 17.9 Å². The monoisotopic (exact) mass is 229 g/mol. The average molecular weight is 229 g/mol. The molecular formula is C9H6F3N3O. The number of carbonyl (C=O) groups excluding carboxylic acids is 1. The number of aromatic nitrogens is 3. The first-order valence-electron chi connectivity index (χ1n) is 4.33. The van der Waals surface area contributed by atoms with Crippen LogP contribution in [0.2, 0.25) is 0 Å². The average Bonchev–Trinajstić information content (AvgIpc) is 2.58. The van der Waals surface area contributed by atoms with E-state index in [9.17, 15) is 18.0 Å². The van der Waals surface area contributed by atoms with E-state index in [0.717, 1.165) is 4.68 Å². The van der Waals surface area contributed by atoms with E-state index in [1.807, 2.05) is 0 Å². The fourth-order valence-electron chi connectivity index (χ4n) is 1.35. The second-order valence-electron chi connectivity index (χ2n) is 3.20. The molecular weight excluding hydrogens is 223 g/mol. The first kappa shape index (κ1) is 10.6. The number of hydrogen-bond acceptors (Lipinski definition) is 3. The van der Waals surface area contributed by atoms with E-state index in [4.69, 9.17) is 0 Å². The van der Waals surface area contributed by atoms with E-state index in [1.165, 1.54) is 18.5 Å². The molecule has 16 heavy (non-hydrogen) atoms. The summed E-state index contributed by atoms with van der Waals surface area (Å²) < 4.78 is 37.3. The molecule has 0 fully saturated rings. The smallest absolute Gasteiger partial charge is 0.296 e. The number of alkyl halides is 3. The van der Waals surface area contributed by atoms with Crippen molar-refractivity contribution in [3.63, 3.8) is 0 Å². The number of hydrogen-bond donors (Lipinski definition) is 0. The van der Waals surface area contributed by atoms with Crippen LogP contribution in [-0.4, -0.2) is 27.2 Å². The Bertz CT molecular complexity index is 532. The van der Waals surface area contributed by atoms with Crippen LogP contribution in [0.5, 0.6) is 0 Å². The van der Waals surface area contributed by atoms with E-state index in [2.05, 4.69) is 10.1 Å². The van der Waals surface area contributed by atoms with Crippen LogP contribution in [0.3, 0.4) is 0 Å². The molecule has 0 aliphatic heterocycles. The molecule has 2 aromatic rings. The fraction of sp³-hybridized carbons (Fsp3) is 0.222. The zero-order valence-corrected chi connectivity index (χ0v) is 7.90. The van der Waals surface area contributed by atoms with Crippen molar-refractivity contribution < 1.29 is 18.0 Å². The van der Waals surface area contributed by atoms with Crippen LogP contribution in [0, 0.1) is 0 Å². The molecule has 7 heteroatoms. The number of pyridine rings is 1. The summed E-state index contributed by atoms with van der Waals surface area (Å²) in [6.07, 6.45) is -1.32. The maximum absolute atomic E-state index is 12.2. The summed E-state index contributed by atoms with van der Waals surface area (Å²) in [7, 11) is 0. The fourth-order valence-corrected chi connectivity index (χ4v) is 1.35. The lowest BCUT2D eigenvalue weighted by Crippen LogP contribution is -2.18. The molecule has 0 bridgehead atoms. The molecule has 0 atom stereocenters. The second-order valence-corrected chi connectivity index (χ2v) is 3.20. The minimum atomic E-state index is -4.33. The minimum absolute atomic E-state index is 0.166. The van der Waals surface area contributed by atoms with Crippen LogP contribution in [0.15, 0.2) is 18.5 Å². The Labute approximate surface area is 87.7 Å². The van der Waals surface area contributed by atoms with Gasteiger partial charge in [0.15, 0.2) is 6.29 Å². The van der Waals surface area contributed by atoms with Gasteiger partial charge in [-0.3, -0.25) is 14.5 Å². The highest BCUT2D eigenvalue weighted by Gasteiger charge is 2.29. The quantitative estimate of drug-likeness (QED) is 0.738. The van der Waals surface area contributed by atoms with Crippen LogP contribution < -0.4 is 0 Å². The Morgan fingerprint density at radius 3 is 2.75 bits per heavy atom. The third-order valence-electron chi connectivity index (χ3n) is 2.00. The van der Waals surface area contributed by atoms with E-state index >= 15 is 0 Å². The molecule has 2 aromatic heterocycles. The predicted octanol–water partition coefficient (Wildman–Crippen LogP) is 1.81. The first-order valence-corrected chi connectivity index (χ1v) is 4.33. The summed E-state index contributed by atoms with van der Waals surface area (Å²) in [6, 6.07) is 1.39. The maximum atomic E-state index is 12.2. The lowest BCUT2D eigenvalue weighted by molar-refractivity contribution is -0.141. The minimum Gasteiger partial charge on any atom is -0.296 e. The molecule has 0 amide bonds. The van der Waals surface area contributed by atoms with Crippen molar-refractivity contribution in [1.29, 1.82) is 0 Å². The van der Waals surface area contributed by atoms with Crippen molar-refractivity contribution in [2.24, 2.45) is 0 Å². The number of fused-ring (bicyclic) bond motifs is 1. The number of aldehydes is 1. The Morgan fingerprint density at radius 2 is 2.12 bits per heavy atom. The molecule has 0 radical (unpaired) electrons. The number of carbonyl (C=O) groups is 1. The number of rotatable bonds is 2. The van der Waals surface area contributed by atoms with Crippen LogP contribution in [0.1, 0.15) is 10.5 Å². The van der Waals surface area contributed by atoms with Crippen molar-refractivity contribution in [3.8, 4) is 0 Å². The molecule has 0 spiro atoms. The zero-order chi connectivity index (χ0) is 11.8. The van der Waals surface area contributed by atoms with Crippen LogP contribution >= 0.6 is 0 Å². The molecule has 84 valence electrons. The third kappa shape index (κ3) is 2.02. The number of halogens is 3. The highest BCUT2D eigenvalue weighted by molar-refractivity contribution is 5.84. The third-order valence-corrected chi connectivity index (χ3v) is 2.00. The molecule has 2 heterocycles. The summed E-state index contributed by atoms with van der Waals surface area (Å²) >= 11 is 0. The molecule has 0 N–H and O–H groups in total.